The Morgan fingerprint density at radius 2 is 2.05 bits per heavy atom. The molecule has 1 N–H and O–H groups in total. The highest BCUT2D eigenvalue weighted by Crippen LogP contribution is 2.29. The fraction of sp³-hybridized carbons (Fsp3) is 0.588. The molecule has 0 bridgehead atoms. The van der Waals surface area contributed by atoms with Crippen LogP contribution in [0, 0.1) is 13.8 Å². The predicted octanol–water partition coefficient (Wildman–Crippen LogP) is 2.79. The van der Waals surface area contributed by atoms with E-state index in [2.05, 4.69) is 42.3 Å². The Balaban J connectivity index is 1.98. The molecule has 0 atom stereocenters. The molecule has 1 saturated carbocycles. The van der Waals surface area contributed by atoms with Gasteiger partial charge in [0.1, 0.15) is 0 Å². The molecule has 1 fully saturated rings. The molecule has 110 valence electrons. The summed E-state index contributed by atoms with van der Waals surface area (Å²) in [4.78, 5) is 14.4. The molecule has 3 nitrogen and oxygen atoms in total. The van der Waals surface area contributed by atoms with Crippen LogP contribution in [0.15, 0.2) is 18.2 Å². The van der Waals surface area contributed by atoms with Crippen molar-refractivity contribution in [2.75, 3.05) is 13.6 Å². The van der Waals surface area contributed by atoms with Crippen LogP contribution in [0.2, 0.25) is 0 Å². The van der Waals surface area contributed by atoms with Gasteiger partial charge in [0, 0.05) is 19.0 Å². The van der Waals surface area contributed by atoms with Crippen LogP contribution < -0.4 is 5.32 Å². The Morgan fingerprint density at radius 1 is 1.30 bits per heavy atom. The van der Waals surface area contributed by atoms with E-state index in [1.165, 1.54) is 29.5 Å². The minimum Gasteiger partial charge on any atom is -0.335 e. The van der Waals surface area contributed by atoms with Gasteiger partial charge in [0.2, 0.25) is 5.91 Å². The van der Waals surface area contributed by atoms with Crippen LogP contribution >= 0.6 is 0 Å². The van der Waals surface area contributed by atoms with Crippen LogP contribution in [-0.4, -0.2) is 30.4 Å². The third kappa shape index (κ3) is 4.07. The molecular weight excluding hydrogens is 248 g/mol. The highest BCUT2D eigenvalue weighted by atomic mass is 16.2. The summed E-state index contributed by atoms with van der Waals surface area (Å²) in [7, 11) is 1.93. The van der Waals surface area contributed by atoms with E-state index in [4.69, 9.17) is 0 Å². The Labute approximate surface area is 122 Å². The fourth-order valence-electron chi connectivity index (χ4n) is 2.47. The molecule has 1 aromatic carbocycles. The third-order valence-corrected chi connectivity index (χ3v) is 4.05. The van der Waals surface area contributed by atoms with Gasteiger partial charge >= 0.3 is 0 Å². The summed E-state index contributed by atoms with van der Waals surface area (Å²) in [6, 6.07) is 7.00. The van der Waals surface area contributed by atoms with Crippen molar-refractivity contribution in [3.63, 3.8) is 0 Å². The first-order valence-electron chi connectivity index (χ1n) is 7.62. The van der Waals surface area contributed by atoms with E-state index >= 15 is 0 Å². The van der Waals surface area contributed by atoms with Crippen LogP contribution in [0.25, 0.3) is 0 Å². The summed E-state index contributed by atoms with van der Waals surface area (Å²) < 4.78 is 0. The van der Waals surface area contributed by atoms with E-state index in [1.807, 2.05) is 7.05 Å². The van der Waals surface area contributed by atoms with E-state index in [9.17, 15) is 4.79 Å². The van der Waals surface area contributed by atoms with Crippen molar-refractivity contribution in [3.8, 4) is 0 Å². The number of rotatable bonds is 7. The maximum Gasteiger partial charge on any atom is 0.223 e. The van der Waals surface area contributed by atoms with Crippen LogP contribution in [0.1, 0.15) is 42.4 Å². The number of benzene rings is 1. The van der Waals surface area contributed by atoms with E-state index in [-0.39, 0.29) is 0 Å². The molecule has 1 aliphatic rings. The van der Waals surface area contributed by atoms with Gasteiger partial charge in [0.15, 0.2) is 0 Å². The van der Waals surface area contributed by atoms with Gasteiger partial charge in [0.05, 0.1) is 0 Å². The molecule has 0 saturated heterocycles. The van der Waals surface area contributed by atoms with Gasteiger partial charge in [-0.1, -0.05) is 18.2 Å². The summed E-state index contributed by atoms with van der Waals surface area (Å²) in [5, 5.41) is 3.10. The quantitative estimate of drug-likeness (QED) is 0.775. The second-order valence-electron chi connectivity index (χ2n) is 5.88. The van der Waals surface area contributed by atoms with Gasteiger partial charge in [0.25, 0.3) is 0 Å². The number of carbonyl (C=O) groups is 1. The van der Waals surface area contributed by atoms with Crippen LogP contribution in [-0.2, 0) is 11.3 Å². The highest BCUT2D eigenvalue weighted by Gasteiger charge is 2.32. The highest BCUT2D eigenvalue weighted by molar-refractivity contribution is 5.76. The van der Waals surface area contributed by atoms with Crippen molar-refractivity contribution in [1.82, 2.24) is 10.2 Å². The van der Waals surface area contributed by atoms with Gasteiger partial charge in [-0.15, -0.1) is 0 Å². The van der Waals surface area contributed by atoms with Crippen LogP contribution in [0.3, 0.4) is 0 Å². The van der Waals surface area contributed by atoms with Crippen molar-refractivity contribution in [1.29, 1.82) is 0 Å². The summed E-state index contributed by atoms with van der Waals surface area (Å²) >= 11 is 0. The van der Waals surface area contributed by atoms with Gasteiger partial charge in [-0.2, -0.15) is 0 Å². The smallest absolute Gasteiger partial charge is 0.223 e. The Kier molecular flexibility index (Phi) is 5.18. The molecule has 3 heteroatoms. The predicted molar refractivity (Wildman–Crippen MR) is 82.6 cm³/mol. The molecule has 0 heterocycles. The molecule has 0 aromatic heterocycles. The van der Waals surface area contributed by atoms with Crippen LogP contribution in [0.4, 0.5) is 0 Å². The van der Waals surface area contributed by atoms with E-state index in [1.54, 1.807) is 0 Å². The molecular formula is C17H26N2O. The molecule has 1 aromatic rings. The normalized spacial score (nSPS) is 14.3. The molecule has 1 amide bonds. The van der Waals surface area contributed by atoms with Crippen molar-refractivity contribution in [3.05, 3.63) is 34.9 Å². The first-order valence-corrected chi connectivity index (χ1v) is 7.62. The number of carbonyl (C=O) groups excluding carboxylic acids is 1. The molecule has 2 rings (SSSR count). The maximum atomic E-state index is 12.4. The zero-order valence-corrected chi connectivity index (χ0v) is 12.9. The number of hydrogen-bond acceptors (Lipinski definition) is 2. The molecule has 1 aliphatic carbocycles. The summed E-state index contributed by atoms with van der Waals surface area (Å²) in [6.07, 6.45) is 3.92. The minimum atomic E-state index is 0.306. The molecule has 0 aliphatic heterocycles. The van der Waals surface area contributed by atoms with Gasteiger partial charge in [-0.05, 0) is 63.4 Å². The van der Waals surface area contributed by atoms with Gasteiger partial charge in [-0.25, -0.2) is 0 Å². The average Bonchev–Trinajstić information content (AvgIpc) is 3.24. The SMILES string of the molecule is CNCCCC(=O)N(Cc1ccc(C)c(C)c1)C1CC1. The lowest BCUT2D eigenvalue weighted by atomic mass is 10.1. The second-order valence-corrected chi connectivity index (χ2v) is 5.88. The topological polar surface area (TPSA) is 32.3 Å². The molecule has 0 radical (unpaired) electrons. The largest absolute Gasteiger partial charge is 0.335 e. The summed E-state index contributed by atoms with van der Waals surface area (Å²) in [5.41, 5.74) is 3.87. The first-order chi connectivity index (χ1) is 9.61. The van der Waals surface area contributed by atoms with Crippen molar-refractivity contribution in [2.45, 2.75) is 52.1 Å². The fourth-order valence-corrected chi connectivity index (χ4v) is 2.47. The monoisotopic (exact) mass is 274 g/mol. The number of aryl methyl sites for hydroxylation is 2. The molecule has 0 spiro atoms. The zero-order valence-electron chi connectivity index (χ0n) is 12.9. The first kappa shape index (κ1) is 15.0. The van der Waals surface area contributed by atoms with Gasteiger partial charge in [-0.3, -0.25) is 4.79 Å². The lowest BCUT2D eigenvalue weighted by Crippen LogP contribution is -2.32. The lowest BCUT2D eigenvalue weighted by Gasteiger charge is -2.23. The average molecular weight is 274 g/mol. The van der Waals surface area contributed by atoms with Crippen LogP contribution in [0.5, 0.6) is 0 Å². The number of amides is 1. The van der Waals surface area contributed by atoms with Crippen molar-refractivity contribution in [2.24, 2.45) is 0 Å². The number of nitrogens with zero attached hydrogens (tertiary/aromatic N) is 1. The van der Waals surface area contributed by atoms with E-state index < -0.39 is 0 Å². The maximum absolute atomic E-state index is 12.4. The van der Waals surface area contributed by atoms with Crippen molar-refractivity contribution >= 4 is 5.91 Å². The Morgan fingerprint density at radius 3 is 2.65 bits per heavy atom. The zero-order chi connectivity index (χ0) is 14.5. The molecule has 0 unspecified atom stereocenters. The number of nitrogens with one attached hydrogen (secondary N) is 1. The summed E-state index contributed by atoms with van der Waals surface area (Å²) in [6.45, 7) is 5.94. The van der Waals surface area contributed by atoms with Gasteiger partial charge < -0.3 is 10.2 Å². The van der Waals surface area contributed by atoms with Crippen molar-refractivity contribution < 1.29 is 4.79 Å². The number of hydrogen-bond donors (Lipinski definition) is 1. The third-order valence-electron chi connectivity index (χ3n) is 4.05. The molecule has 20 heavy (non-hydrogen) atoms. The Bertz CT molecular complexity index is 466. The minimum absolute atomic E-state index is 0.306. The van der Waals surface area contributed by atoms with E-state index in [0.717, 1.165) is 19.5 Å². The second kappa shape index (κ2) is 6.89. The lowest BCUT2D eigenvalue weighted by molar-refractivity contribution is -0.132. The van der Waals surface area contributed by atoms with E-state index in [0.29, 0.717) is 18.4 Å². The Hall–Kier alpha value is -1.35. The standard InChI is InChI=1S/C17H26N2O/c1-13-6-7-15(11-14(13)2)12-19(16-8-9-16)17(20)5-4-10-18-3/h6-7,11,16,18H,4-5,8-10,12H2,1-3H3. The summed E-state index contributed by atoms with van der Waals surface area (Å²) in [5.74, 6) is 0.306.